The highest BCUT2D eigenvalue weighted by Crippen LogP contribution is 2.29. The van der Waals surface area contributed by atoms with E-state index in [4.69, 9.17) is 38.4 Å². The molecule has 0 aliphatic heterocycles. The second-order valence-corrected chi connectivity index (χ2v) is 3.98. The molecule has 17 heavy (non-hydrogen) atoms. The Morgan fingerprint density at radius 3 is 2.71 bits per heavy atom. The Kier molecular flexibility index (Phi) is 5.55. The predicted molar refractivity (Wildman–Crippen MR) is 67.6 cm³/mol. The smallest absolute Gasteiger partial charge is 0.339 e. The van der Waals surface area contributed by atoms with Crippen molar-refractivity contribution in [2.45, 2.75) is 6.92 Å². The van der Waals surface area contributed by atoms with E-state index < -0.39 is 5.97 Å². The van der Waals surface area contributed by atoms with Crippen molar-refractivity contribution < 1.29 is 14.3 Å². The van der Waals surface area contributed by atoms with Gasteiger partial charge in [0.1, 0.15) is 6.61 Å². The molecular formula is C11H13Cl2NO3. The van der Waals surface area contributed by atoms with Gasteiger partial charge in [-0.2, -0.15) is 0 Å². The summed E-state index contributed by atoms with van der Waals surface area (Å²) >= 11 is 11.7. The highest BCUT2D eigenvalue weighted by Gasteiger charge is 2.15. The summed E-state index contributed by atoms with van der Waals surface area (Å²) in [7, 11) is 0. The van der Waals surface area contributed by atoms with E-state index in [0.717, 1.165) is 0 Å². The number of nitrogen functional groups attached to an aromatic ring is 1. The highest BCUT2D eigenvalue weighted by molar-refractivity contribution is 6.44. The minimum atomic E-state index is -0.566. The predicted octanol–water partition coefficient (Wildman–Crippen LogP) is 2.77. The fourth-order valence-electron chi connectivity index (χ4n) is 1.17. The van der Waals surface area contributed by atoms with Crippen LogP contribution in [-0.2, 0) is 9.47 Å². The van der Waals surface area contributed by atoms with E-state index >= 15 is 0 Å². The minimum Gasteiger partial charge on any atom is -0.460 e. The zero-order chi connectivity index (χ0) is 12.8. The zero-order valence-corrected chi connectivity index (χ0v) is 10.8. The zero-order valence-electron chi connectivity index (χ0n) is 9.33. The van der Waals surface area contributed by atoms with Crippen LogP contribution in [0, 0.1) is 0 Å². The van der Waals surface area contributed by atoms with Crippen LogP contribution < -0.4 is 5.73 Å². The summed E-state index contributed by atoms with van der Waals surface area (Å²) in [6.07, 6.45) is 0. The van der Waals surface area contributed by atoms with Crippen molar-refractivity contribution in [2.75, 3.05) is 25.6 Å². The monoisotopic (exact) mass is 277 g/mol. The third-order valence-corrected chi connectivity index (χ3v) is 2.74. The minimum absolute atomic E-state index is 0.141. The van der Waals surface area contributed by atoms with E-state index in [1.54, 1.807) is 0 Å². The largest absolute Gasteiger partial charge is 0.460 e. The standard InChI is InChI=1S/C11H13Cl2NO3/c1-2-16-3-4-17-11(15)8-5-7(14)6-9(12)10(8)13/h5-6H,2-4,14H2,1H3. The lowest BCUT2D eigenvalue weighted by atomic mass is 10.2. The lowest BCUT2D eigenvalue weighted by molar-refractivity contribution is 0.0335. The normalized spacial score (nSPS) is 10.3. The van der Waals surface area contributed by atoms with E-state index in [1.807, 2.05) is 6.92 Å². The molecular weight excluding hydrogens is 265 g/mol. The maximum absolute atomic E-state index is 11.7. The quantitative estimate of drug-likeness (QED) is 0.511. The van der Waals surface area contributed by atoms with Crippen molar-refractivity contribution in [3.05, 3.63) is 27.7 Å². The Balaban J connectivity index is 2.69. The highest BCUT2D eigenvalue weighted by atomic mass is 35.5. The molecule has 0 aliphatic carbocycles. The molecule has 1 aromatic carbocycles. The van der Waals surface area contributed by atoms with Gasteiger partial charge in [-0.1, -0.05) is 23.2 Å². The third kappa shape index (κ3) is 4.07. The van der Waals surface area contributed by atoms with E-state index in [2.05, 4.69) is 0 Å². The van der Waals surface area contributed by atoms with Gasteiger partial charge in [-0.3, -0.25) is 0 Å². The maximum Gasteiger partial charge on any atom is 0.339 e. The van der Waals surface area contributed by atoms with Gasteiger partial charge in [0.25, 0.3) is 0 Å². The van der Waals surface area contributed by atoms with Crippen molar-refractivity contribution in [3.8, 4) is 0 Å². The first kappa shape index (κ1) is 14.1. The van der Waals surface area contributed by atoms with Gasteiger partial charge in [0.2, 0.25) is 0 Å². The number of anilines is 1. The molecule has 0 fully saturated rings. The van der Waals surface area contributed by atoms with Gasteiger partial charge in [-0.15, -0.1) is 0 Å². The molecule has 0 amide bonds. The summed E-state index contributed by atoms with van der Waals surface area (Å²) in [5, 5.41) is 0.366. The number of hydrogen-bond donors (Lipinski definition) is 1. The van der Waals surface area contributed by atoms with Gasteiger partial charge in [0.15, 0.2) is 0 Å². The molecule has 0 atom stereocenters. The lowest BCUT2D eigenvalue weighted by Gasteiger charge is -2.08. The Morgan fingerprint density at radius 1 is 1.35 bits per heavy atom. The van der Waals surface area contributed by atoms with Gasteiger partial charge in [-0.05, 0) is 19.1 Å². The number of rotatable bonds is 5. The fourth-order valence-corrected chi connectivity index (χ4v) is 1.59. The molecule has 0 spiro atoms. The van der Waals surface area contributed by atoms with Gasteiger partial charge < -0.3 is 15.2 Å². The topological polar surface area (TPSA) is 61.5 Å². The van der Waals surface area contributed by atoms with E-state index in [-0.39, 0.29) is 22.2 Å². The molecule has 4 nitrogen and oxygen atoms in total. The molecule has 94 valence electrons. The molecule has 0 saturated carbocycles. The summed E-state index contributed by atoms with van der Waals surface area (Å²) in [6, 6.07) is 2.90. The van der Waals surface area contributed by atoms with E-state index in [0.29, 0.717) is 18.9 Å². The molecule has 0 radical (unpaired) electrons. The van der Waals surface area contributed by atoms with Crippen LogP contribution in [0.3, 0.4) is 0 Å². The summed E-state index contributed by atoms with van der Waals surface area (Å²) in [6.45, 7) is 2.93. The van der Waals surface area contributed by atoms with Crippen LogP contribution in [0.25, 0.3) is 0 Å². The Morgan fingerprint density at radius 2 is 2.06 bits per heavy atom. The first-order chi connectivity index (χ1) is 8.06. The van der Waals surface area contributed by atoms with Crippen molar-refractivity contribution >= 4 is 34.9 Å². The van der Waals surface area contributed by atoms with E-state index in [9.17, 15) is 4.79 Å². The number of halogens is 2. The number of hydrogen-bond acceptors (Lipinski definition) is 4. The van der Waals surface area contributed by atoms with Crippen LogP contribution in [0.15, 0.2) is 12.1 Å². The molecule has 6 heteroatoms. The average Bonchev–Trinajstić information content (AvgIpc) is 2.29. The average molecular weight is 278 g/mol. The molecule has 0 unspecified atom stereocenters. The first-order valence-corrected chi connectivity index (χ1v) is 5.81. The van der Waals surface area contributed by atoms with Crippen LogP contribution in [0.2, 0.25) is 10.0 Å². The van der Waals surface area contributed by atoms with Crippen LogP contribution in [0.1, 0.15) is 17.3 Å². The van der Waals surface area contributed by atoms with Crippen molar-refractivity contribution in [3.63, 3.8) is 0 Å². The lowest BCUT2D eigenvalue weighted by Crippen LogP contribution is -2.11. The van der Waals surface area contributed by atoms with Crippen molar-refractivity contribution in [1.29, 1.82) is 0 Å². The molecule has 2 N–H and O–H groups in total. The molecule has 0 aliphatic rings. The van der Waals surface area contributed by atoms with Crippen molar-refractivity contribution in [2.24, 2.45) is 0 Å². The Labute approximate surface area is 110 Å². The van der Waals surface area contributed by atoms with Gasteiger partial charge in [-0.25, -0.2) is 4.79 Å². The molecule has 1 aromatic rings. The second kappa shape index (κ2) is 6.69. The van der Waals surface area contributed by atoms with Crippen LogP contribution in [0.5, 0.6) is 0 Å². The number of esters is 1. The van der Waals surface area contributed by atoms with Crippen LogP contribution in [-0.4, -0.2) is 25.8 Å². The Hall–Kier alpha value is -0.970. The van der Waals surface area contributed by atoms with E-state index in [1.165, 1.54) is 12.1 Å². The SMILES string of the molecule is CCOCCOC(=O)c1cc(N)cc(Cl)c1Cl. The first-order valence-electron chi connectivity index (χ1n) is 5.05. The number of carbonyl (C=O) groups is 1. The van der Waals surface area contributed by atoms with Gasteiger partial charge in [0, 0.05) is 12.3 Å². The number of carbonyl (C=O) groups excluding carboxylic acids is 1. The number of ether oxygens (including phenoxy) is 2. The fraction of sp³-hybridized carbons (Fsp3) is 0.364. The molecule has 0 aromatic heterocycles. The second-order valence-electron chi connectivity index (χ2n) is 3.20. The summed E-state index contributed by atoms with van der Waals surface area (Å²) < 4.78 is 9.99. The number of nitrogens with two attached hydrogens (primary N) is 1. The number of benzene rings is 1. The van der Waals surface area contributed by atoms with Gasteiger partial charge >= 0.3 is 5.97 Å². The molecule has 0 heterocycles. The molecule has 1 rings (SSSR count). The Bertz CT molecular complexity index is 410. The summed E-state index contributed by atoms with van der Waals surface area (Å²) in [5.74, 6) is -0.566. The molecule has 0 saturated heterocycles. The summed E-state index contributed by atoms with van der Waals surface area (Å²) in [5.41, 5.74) is 6.08. The van der Waals surface area contributed by atoms with Crippen molar-refractivity contribution in [1.82, 2.24) is 0 Å². The molecule has 0 bridgehead atoms. The third-order valence-electron chi connectivity index (χ3n) is 1.94. The maximum atomic E-state index is 11.7. The van der Waals surface area contributed by atoms with Crippen LogP contribution in [0.4, 0.5) is 5.69 Å². The summed E-state index contributed by atoms with van der Waals surface area (Å²) in [4.78, 5) is 11.7. The van der Waals surface area contributed by atoms with Crippen LogP contribution >= 0.6 is 23.2 Å². The van der Waals surface area contributed by atoms with Gasteiger partial charge in [0.05, 0.1) is 22.2 Å².